The van der Waals surface area contributed by atoms with Gasteiger partial charge in [-0.2, -0.15) is 5.10 Å². The molecule has 3 aromatic rings. The van der Waals surface area contributed by atoms with Crippen LogP contribution in [0.5, 0.6) is 0 Å². The highest BCUT2D eigenvalue weighted by atomic mass is 15.3. The largest absolute Gasteiger partial charge is 0.325 e. The minimum Gasteiger partial charge on any atom is -0.325 e. The molecule has 2 aromatic heterocycles. The highest BCUT2D eigenvalue weighted by Crippen LogP contribution is 2.26. The predicted molar refractivity (Wildman–Crippen MR) is 84.2 cm³/mol. The summed E-state index contributed by atoms with van der Waals surface area (Å²) in [7, 11) is 0. The van der Waals surface area contributed by atoms with E-state index in [1.54, 1.807) is 6.20 Å². The van der Waals surface area contributed by atoms with Crippen LogP contribution in [0.3, 0.4) is 0 Å². The number of nitrogens with two attached hydrogens (primary N) is 1. The summed E-state index contributed by atoms with van der Waals surface area (Å²) in [5.74, 6) is 0. The highest BCUT2D eigenvalue weighted by molar-refractivity contribution is 5.62. The molecular weight excluding hydrogens is 260 g/mol. The van der Waals surface area contributed by atoms with Crippen LogP contribution in [-0.2, 0) is 6.54 Å². The summed E-state index contributed by atoms with van der Waals surface area (Å²) >= 11 is 0. The zero-order chi connectivity index (χ0) is 14.8. The number of hydrogen-bond acceptors (Lipinski definition) is 3. The molecule has 0 aliphatic heterocycles. The molecule has 106 valence electrons. The molecule has 1 aromatic carbocycles. The molecule has 0 aliphatic carbocycles. The van der Waals surface area contributed by atoms with Crippen LogP contribution < -0.4 is 5.73 Å². The number of rotatable bonds is 3. The van der Waals surface area contributed by atoms with E-state index < -0.39 is 0 Å². The Morgan fingerprint density at radius 2 is 2.00 bits per heavy atom. The first kappa shape index (κ1) is 13.5. The molecule has 0 fully saturated rings. The van der Waals surface area contributed by atoms with Gasteiger partial charge in [0.1, 0.15) is 0 Å². The van der Waals surface area contributed by atoms with E-state index in [9.17, 15) is 0 Å². The van der Waals surface area contributed by atoms with Gasteiger partial charge in [0.15, 0.2) is 0 Å². The Morgan fingerprint density at radius 3 is 2.71 bits per heavy atom. The van der Waals surface area contributed by atoms with Crippen LogP contribution in [0.1, 0.15) is 16.8 Å². The van der Waals surface area contributed by atoms with Gasteiger partial charge in [0, 0.05) is 24.5 Å². The second-order valence-electron chi connectivity index (χ2n) is 5.10. The molecule has 21 heavy (non-hydrogen) atoms. The van der Waals surface area contributed by atoms with Gasteiger partial charge in [0.05, 0.1) is 17.1 Å². The van der Waals surface area contributed by atoms with Crippen LogP contribution in [-0.4, -0.2) is 14.8 Å². The second-order valence-corrected chi connectivity index (χ2v) is 5.10. The Balaban J connectivity index is 2.23. The van der Waals surface area contributed by atoms with Crippen molar-refractivity contribution < 1.29 is 0 Å². The van der Waals surface area contributed by atoms with Crippen molar-refractivity contribution in [1.29, 1.82) is 0 Å². The van der Waals surface area contributed by atoms with Gasteiger partial charge in [-0.3, -0.25) is 4.98 Å². The lowest BCUT2D eigenvalue weighted by molar-refractivity contribution is 0.832. The molecular formula is C17H18N4. The summed E-state index contributed by atoms with van der Waals surface area (Å²) < 4.78 is 1.96. The van der Waals surface area contributed by atoms with E-state index in [0.717, 1.165) is 22.6 Å². The molecule has 0 saturated carbocycles. The molecule has 2 heterocycles. The van der Waals surface area contributed by atoms with Crippen molar-refractivity contribution in [3.05, 3.63) is 65.6 Å². The van der Waals surface area contributed by atoms with Crippen molar-refractivity contribution in [2.45, 2.75) is 20.4 Å². The number of nitrogens with zero attached hydrogens (tertiary/aromatic N) is 3. The van der Waals surface area contributed by atoms with Crippen molar-refractivity contribution in [3.8, 4) is 16.9 Å². The molecule has 2 N–H and O–H groups in total. The van der Waals surface area contributed by atoms with Gasteiger partial charge < -0.3 is 5.73 Å². The first-order chi connectivity index (χ1) is 10.2. The average molecular weight is 278 g/mol. The third-order valence-corrected chi connectivity index (χ3v) is 3.73. The van der Waals surface area contributed by atoms with E-state index in [4.69, 9.17) is 5.73 Å². The fourth-order valence-corrected chi connectivity index (χ4v) is 2.40. The lowest BCUT2D eigenvalue weighted by Gasteiger charge is -2.12. The number of aromatic nitrogens is 3. The van der Waals surface area contributed by atoms with Crippen LogP contribution in [0, 0.1) is 13.8 Å². The Bertz CT molecular complexity index is 760. The van der Waals surface area contributed by atoms with Crippen LogP contribution in [0.4, 0.5) is 0 Å². The van der Waals surface area contributed by atoms with Crippen LogP contribution in [0.15, 0.2) is 48.8 Å². The Morgan fingerprint density at radius 1 is 1.14 bits per heavy atom. The SMILES string of the molecule is Cc1cccc(-n2nc(CN)cc2-c2cccnc2)c1C. The average Bonchev–Trinajstić information content (AvgIpc) is 2.95. The number of hydrogen-bond donors (Lipinski definition) is 1. The summed E-state index contributed by atoms with van der Waals surface area (Å²) in [4.78, 5) is 4.20. The fourth-order valence-electron chi connectivity index (χ4n) is 2.40. The molecule has 0 atom stereocenters. The van der Waals surface area contributed by atoms with Gasteiger partial charge in [-0.25, -0.2) is 4.68 Å². The predicted octanol–water partition coefficient (Wildman–Crippen LogP) is 3.01. The van der Waals surface area contributed by atoms with E-state index in [-0.39, 0.29) is 0 Å². The van der Waals surface area contributed by atoms with Crippen LogP contribution in [0.25, 0.3) is 16.9 Å². The summed E-state index contributed by atoms with van der Waals surface area (Å²) in [6, 6.07) is 12.2. The maximum Gasteiger partial charge on any atom is 0.0771 e. The van der Waals surface area contributed by atoms with Crippen LogP contribution in [0.2, 0.25) is 0 Å². The maximum atomic E-state index is 5.76. The zero-order valence-corrected chi connectivity index (χ0v) is 12.2. The van der Waals surface area contributed by atoms with Crippen molar-refractivity contribution in [2.75, 3.05) is 0 Å². The monoisotopic (exact) mass is 278 g/mol. The van der Waals surface area contributed by atoms with Gasteiger partial charge in [0.2, 0.25) is 0 Å². The first-order valence-electron chi connectivity index (χ1n) is 6.96. The molecule has 4 heteroatoms. The number of pyridine rings is 1. The van der Waals surface area contributed by atoms with E-state index >= 15 is 0 Å². The summed E-state index contributed by atoms with van der Waals surface area (Å²) in [6.45, 7) is 4.64. The smallest absolute Gasteiger partial charge is 0.0771 e. The maximum absolute atomic E-state index is 5.76. The van der Waals surface area contributed by atoms with Crippen molar-refractivity contribution in [1.82, 2.24) is 14.8 Å². The molecule has 3 rings (SSSR count). The van der Waals surface area contributed by atoms with Crippen molar-refractivity contribution >= 4 is 0 Å². The van der Waals surface area contributed by atoms with Gasteiger partial charge in [-0.15, -0.1) is 0 Å². The topological polar surface area (TPSA) is 56.7 Å². The highest BCUT2D eigenvalue weighted by Gasteiger charge is 2.13. The van der Waals surface area contributed by atoms with E-state index in [1.807, 2.05) is 29.1 Å². The summed E-state index contributed by atoms with van der Waals surface area (Å²) in [5, 5.41) is 4.64. The molecule has 0 bridgehead atoms. The summed E-state index contributed by atoms with van der Waals surface area (Å²) in [5.41, 5.74) is 12.2. The molecule has 0 saturated heterocycles. The van der Waals surface area contributed by atoms with E-state index in [1.165, 1.54) is 11.1 Å². The molecule has 0 amide bonds. The minimum absolute atomic E-state index is 0.422. The van der Waals surface area contributed by atoms with Crippen molar-refractivity contribution in [2.24, 2.45) is 5.73 Å². The van der Waals surface area contributed by atoms with Crippen LogP contribution >= 0.6 is 0 Å². The van der Waals surface area contributed by atoms with Gasteiger partial charge in [0.25, 0.3) is 0 Å². The lowest BCUT2D eigenvalue weighted by atomic mass is 10.1. The van der Waals surface area contributed by atoms with E-state index in [0.29, 0.717) is 6.54 Å². The third kappa shape index (κ3) is 2.45. The Kier molecular flexibility index (Phi) is 3.54. The molecule has 0 spiro atoms. The van der Waals surface area contributed by atoms with Crippen molar-refractivity contribution in [3.63, 3.8) is 0 Å². The van der Waals surface area contributed by atoms with E-state index in [2.05, 4.69) is 42.1 Å². The fraction of sp³-hybridized carbons (Fsp3) is 0.176. The zero-order valence-electron chi connectivity index (χ0n) is 12.2. The second kappa shape index (κ2) is 5.50. The number of aryl methyl sites for hydroxylation is 1. The molecule has 4 nitrogen and oxygen atoms in total. The molecule has 0 unspecified atom stereocenters. The molecule has 0 radical (unpaired) electrons. The summed E-state index contributed by atoms with van der Waals surface area (Å²) in [6.07, 6.45) is 3.62. The standard InChI is InChI=1S/C17H18N4/c1-12-5-3-7-16(13(12)2)21-17(9-15(10-18)20-21)14-6-4-8-19-11-14/h3-9,11H,10,18H2,1-2H3. The first-order valence-corrected chi connectivity index (χ1v) is 6.96. The van der Waals surface area contributed by atoms with Gasteiger partial charge >= 0.3 is 0 Å². The molecule has 0 aliphatic rings. The number of benzene rings is 1. The third-order valence-electron chi connectivity index (χ3n) is 3.73. The Labute approximate surface area is 124 Å². The van der Waals surface area contributed by atoms with Gasteiger partial charge in [-0.05, 0) is 49.2 Å². The minimum atomic E-state index is 0.422. The lowest BCUT2D eigenvalue weighted by Crippen LogP contribution is -2.04. The quantitative estimate of drug-likeness (QED) is 0.801. The van der Waals surface area contributed by atoms with Gasteiger partial charge in [-0.1, -0.05) is 12.1 Å². The normalized spacial score (nSPS) is 10.8. The Hall–Kier alpha value is -2.46.